The number of carbonyl (C=O) groups excluding carboxylic acids is 1. The minimum Gasteiger partial charge on any atom is -0.342 e. The number of nitrogens with zero attached hydrogens (tertiary/aromatic N) is 1. The molecular formula is C11H23NO. The van der Waals surface area contributed by atoms with Gasteiger partial charge in [0.2, 0.25) is 5.91 Å². The highest BCUT2D eigenvalue weighted by molar-refractivity contribution is 5.73. The van der Waals surface area contributed by atoms with E-state index in [4.69, 9.17) is 0 Å². The summed E-state index contributed by atoms with van der Waals surface area (Å²) in [6, 6.07) is 0. The third kappa shape index (κ3) is 4.30. The maximum absolute atomic E-state index is 11.0. The van der Waals surface area contributed by atoms with E-state index in [2.05, 4.69) is 13.8 Å². The van der Waals surface area contributed by atoms with Crippen LogP contribution in [0.1, 0.15) is 41.0 Å². The maximum atomic E-state index is 11.0. The van der Waals surface area contributed by atoms with Gasteiger partial charge in [0, 0.05) is 20.0 Å². The second kappa shape index (κ2) is 6.01. The van der Waals surface area contributed by atoms with E-state index in [1.165, 1.54) is 6.42 Å². The van der Waals surface area contributed by atoms with E-state index in [-0.39, 0.29) is 5.91 Å². The fourth-order valence-electron chi connectivity index (χ4n) is 1.92. The van der Waals surface area contributed by atoms with Gasteiger partial charge < -0.3 is 4.90 Å². The van der Waals surface area contributed by atoms with Crippen LogP contribution in [0.5, 0.6) is 0 Å². The number of likely N-dealkylation sites (tertiary alicyclic amines) is 1. The Balaban J connectivity index is 0.000000671. The maximum Gasteiger partial charge on any atom is 0.219 e. The van der Waals surface area contributed by atoms with E-state index in [1.807, 2.05) is 18.7 Å². The summed E-state index contributed by atoms with van der Waals surface area (Å²) in [7, 11) is 0. The van der Waals surface area contributed by atoms with Gasteiger partial charge in [0.15, 0.2) is 0 Å². The number of hydrogen-bond donors (Lipinski definition) is 0. The van der Waals surface area contributed by atoms with Crippen molar-refractivity contribution in [3.63, 3.8) is 0 Å². The average molecular weight is 185 g/mol. The van der Waals surface area contributed by atoms with Gasteiger partial charge >= 0.3 is 0 Å². The highest BCUT2D eigenvalue weighted by Crippen LogP contribution is 2.20. The van der Waals surface area contributed by atoms with Gasteiger partial charge in [0.05, 0.1) is 0 Å². The molecule has 2 atom stereocenters. The zero-order valence-corrected chi connectivity index (χ0v) is 9.63. The van der Waals surface area contributed by atoms with Crippen molar-refractivity contribution in [1.29, 1.82) is 0 Å². The van der Waals surface area contributed by atoms with Gasteiger partial charge in [-0.05, 0) is 18.3 Å². The van der Waals surface area contributed by atoms with Crippen LogP contribution in [0.2, 0.25) is 0 Å². The largest absolute Gasteiger partial charge is 0.342 e. The molecule has 0 spiro atoms. The van der Waals surface area contributed by atoms with Gasteiger partial charge in [0.1, 0.15) is 0 Å². The summed E-state index contributed by atoms with van der Waals surface area (Å²) >= 11 is 0. The molecule has 78 valence electrons. The van der Waals surface area contributed by atoms with Crippen molar-refractivity contribution >= 4 is 5.91 Å². The predicted octanol–water partition coefficient (Wildman–Crippen LogP) is 2.54. The van der Waals surface area contributed by atoms with Gasteiger partial charge in [-0.15, -0.1) is 0 Å². The minimum absolute atomic E-state index is 0.225. The third-order valence-corrected chi connectivity index (χ3v) is 2.31. The van der Waals surface area contributed by atoms with Gasteiger partial charge in [-0.3, -0.25) is 4.79 Å². The van der Waals surface area contributed by atoms with Crippen LogP contribution in [0.15, 0.2) is 0 Å². The molecule has 0 radical (unpaired) electrons. The SMILES string of the molecule is CC.CC(=O)N1CC(C)CC(C)C1. The molecule has 13 heavy (non-hydrogen) atoms. The lowest BCUT2D eigenvalue weighted by molar-refractivity contribution is -0.131. The van der Waals surface area contributed by atoms with Crippen LogP contribution in [0.25, 0.3) is 0 Å². The van der Waals surface area contributed by atoms with Crippen LogP contribution < -0.4 is 0 Å². The first kappa shape index (κ1) is 12.5. The summed E-state index contributed by atoms with van der Waals surface area (Å²) in [4.78, 5) is 13.0. The molecule has 0 aliphatic carbocycles. The Labute approximate surface area is 82.3 Å². The summed E-state index contributed by atoms with van der Waals surface area (Å²) in [5.41, 5.74) is 0. The second-order valence-corrected chi connectivity index (χ2v) is 3.87. The Morgan fingerprint density at radius 2 is 1.54 bits per heavy atom. The third-order valence-electron chi connectivity index (χ3n) is 2.31. The molecule has 1 aliphatic rings. The number of hydrogen-bond acceptors (Lipinski definition) is 1. The van der Waals surface area contributed by atoms with Crippen molar-refractivity contribution in [2.24, 2.45) is 11.8 Å². The summed E-state index contributed by atoms with van der Waals surface area (Å²) < 4.78 is 0. The molecule has 1 rings (SSSR count). The van der Waals surface area contributed by atoms with E-state index >= 15 is 0 Å². The monoisotopic (exact) mass is 185 g/mol. The smallest absolute Gasteiger partial charge is 0.219 e. The van der Waals surface area contributed by atoms with Gasteiger partial charge in [-0.2, -0.15) is 0 Å². The normalized spacial score (nSPS) is 27.6. The lowest BCUT2D eigenvalue weighted by Gasteiger charge is -2.34. The Morgan fingerprint density at radius 1 is 1.15 bits per heavy atom. The highest BCUT2D eigenvalue weighted by atomic mass is 16.2. The van der Waals surface area contributed by atoms with Crippen molar-refractivity contribution in [2.75, 3.05) is 13.1 Å². The molecule has 2 heteroatoms. The average Bonchev–Trinajstić information content (AvgIpc) is 2.06. The van der Waals surface area contributed by atoms with Gasteiger partial charge in [0.25, 0.3) is 0 Å². The van der Waals surface area contributed by atoms with E-state index in [9.17, 15) is 4.79 Å². The molecule has 0 bridgehead atoms. The number of piperidine rings is 1. The molecule has 0 aromatic heterocycles. The van der Waals surface area contributed by atoms with Crippen LogP contribution in [-0.2, 0) is 4.79 Å². The quantitative estimate of drug-likeness (QED) is 0.568. The van der Waals surface area contributed by atoms with E-state index in [0.29, 0.717) is 11.8 Å². The predicted molar refractivity (Wildman–Crippen MR) is 56.5 cm³/mol. The number of carbonyl (C=O) groups is 1. The molecule has 1 amide bonds. The first-order chi connectivity index (χ1) is 6.09. The summed E-state index contributed by atoms with van der Waals surface area (Å²) in [5.74, 6) is 1.59. The van der Waals surface area contributed by atoms with Crippen molar-refractivity contribution < 1.29 is 4.79 Å². The van der Waals surface area contributed by atoms with Crippen LogP contribution in [0.4, 0.5) is 0 Å². The molecule has 0 N–H and O–H groups in total. The molecule has 2 unspecified atom stereocenters. The zero-order valence-electron chi connectivity index (χ0n) is 9.63. The molecule has 0 aromatic rings. The summed E-state index contributed by atoms with van der Waals surface area (Å²) in [6.07, 6.45) is 1.27. The topological polar surface area (TPSA) is 20.3 Å². The van der Waals surface area contributed by atoms with Crippen LogP contribution in [0.3, 0.4) is 0 Å². The highest BCUT2D eigenvalue weighted by Gasteiger charge is 2.22. The standard InChI is InChI=1S/C9H17NO.C2H6/c1-7-4-8(2)6-10(5-7)9(3)11;1-2/h7-8H,4-6H2,1-3H3;1-2H3. The minimum atomic E-state index is 0.225. The zero-order chi connectivity index (χ0) is 10.4. The molecule has 0 aromatic carbocycles. The van der Waals surface area contributed by atoms with E-state index < -0.39 is 0 Å². The second-order valence-electron chi connectivity index (χ2n) is 3.87. The lowest BCUT2D eigenvalue weighted by atomic mass is 9.92. The first-order valence-corrected chi connectivity index (χ1v) is 5.35. The van der Waals surface area contributed by atoms with Crippen molar-refractivity contribution in [3.05, 3.63) is 0 Å². The molecule has 2 nitrogen and oxygen atoms in total. The summed E-state index contributed by atoms with van der Waals surface area (Å²) in [6.45, 7) is 12.0. The van der Waals surface area contributed by atoms with Crippen LogP contribution >= 0.6 is 0 Å². The van der Waals surface area contributed by atoms with Gasteiger partial charge in [-0.1, -0.05) is 27.7 Å². The summed E-state index contributed by atoms with van der Waals surface area (Å²) in [5, 5.41) is 0. The Bertz CT molecular complexity index is 146. The van der Waals surface area contributed by atoms with Gasteiger partial charge in [-0.25, -0.2) is 0 Å². The van der Waals surface area contributed by atoms with Crippen molar-refractivity contribution in [2.45, 2.75) is 41.0 Å². The molecular weight excluding hydrogens is 162 g/mol. The Kier molecular flexibility index (Phi) is 5.76. The van der Waals surface area contributed by atoms with Crippen LogP contribution in [0, 0.1) is 11.8 Å². The fourth-order valence-corrected chi connectivity index (χ4v) is 1.92. The Hall–Kier alpha value is -0.530. The molecule has 0 saturated carbocycles. The first-order valence-electron chi connectivity index (χ1n) is 5.35. The lowest BCUT2D eigenvalue weighted by Crippen LogP contribution is -2.41. The van der Waals surface area contributed by atoms with E-state index in [1.54, 1.807) is 6.92 Å². The number of rotatable bonds is 0. The number of amides is 1. The van der Waals surface area contributed by atoms with Crippen molar-refractivity contribution in [1.82, 2.24) is 4.90 Å². The molecule has 1 fully saturated rings. The molecule has 1 saturated heterocycles. The van der Waals surface area contributed by atoms with Crippen molar-refractivity contribution in [3.8, 4) is 0 Å². The fraction of sp³-hybridized carbons (Fsp3) is 0.909. The molecule has 1 aliphatic heterocycles. The Morgan fingerprint density at radius 3 is 1.85 bits per heavy atom. The van der Waals surface area contributed by atoms with Crippen LogP contribution in [-0.4, -0.2) is 23.9 Å². The van der Waals surface area contributed by atoms with E-state index in [0.717, 1.165) is 13.1 Å². The molecule has 1 heterocycles.